The average molecular weight is 238 g/mol. The van der Waals surface area contributed by atoms with Gasteiger partial charge in [-0.1, -0.05) is 37.6 Å². The molecule has 2 aliphatic rings. The van der Waals surface area contributed by atoms with E-state index >= 15 is 0 Å². The van der Waals surface area contributed by atoms with E-state index in [9.17, 15) is 0 Å². The number of aromatic nitrogens is 2. The summed E-state index contributed by atoms with van der Waals surface area (Å²) in [4.78, 5) is 7.95. The van der Waals surface area contributed by atoms with Gasteiger partial charge in [0, 0.05) is 23.7 Å². The number of imidazole rings is 1. The molecule has 1 aromatic heterocycles. The van der Waals surface area contributed by atoms with Gasteiger partial charge >= 0.3 is 0 Å². The average Bonchev–Trinajstić information content (AvgIpc) is 2.80. The van der Waals surface area contributed by atoms with Gasteiger partial charge in [0.2, 0.25) is 0 Å². The number of nitrogens with zero attached hydrogens (tertiary/aromatic N) is 1. The van der Waals surface area contributed by atoms with Crippen LogP contribution in [0.2, 0.25) is 0 Å². The fourth-order valence-electron chi connectivity index (χ4n) is 4.23. The third-order valence-electron chi connectivity index (χ3n) is 4.92. The fourth-order valence-corrected chi connectivity index (χ4v) is 4.23. The zero-order valence-electron chi connectivity index (χ0n) is 10.7. The Kier molecular flexibility index (Phi) is 2.00. The molecule has 4 rings (SSSR count). The maximum Gasteiger partial charge on any atom is 0.113 e. The molecule has 1 saturated carbocycles. The van der Waals surface area contributed by atoms with Crippen molar-refractivity contribution in [3.63, 3.8) is 0 Å². The van der Waals surface area contributed by atoms with E-state index in [0.29, 0.717) is 11.3 Å². The summed E-state index contributed by atoms with van der Waals surface area (Å²) in [7, 11) is 0. The highest BCUT2D eigenvalue weighted by Crippen LogP contribution is 2.72. The van der Waals surface area contributed by atoms with Crippen LogP contribution < -0.4 is 0 Å². The van der Waals surface area contributed by atoms with Crippen LogP contribution in [-0.2, 0) is 11.8 Å². The summed E-state index contributed by atoms with van der Waals surface area (Å²) >= 11 is 0. The van der Waals surface area contributed by atoms with Crippen LogP contribution in [0.4, 0.5) is 0 Å². The first-order chi connectivity index (χ1) is 8.88. The van der Waals surface area contributed by atoms with E-state index in [0.717, 1.165) is 5.92 Å². The SMILES string of the molecule is CCCC1C2c3ccccc3CC12c1ncc[nH]1. The first-order valence-corrected chi connectivity index (χ1v) is 6.95. The first kappa shape index (κ1) is 10.4. The van der Waals surface area contributed by atoms with Crippen LogP contribution in [0.15, 0.2) is 36.7 Å². The number of fused-ring (bicyclic) bond motifs is 3. The lowest BCUT2D eigenvalue weighted by Crippen LogP contribution is -2.14. The monoisotopic (exact) mass is 238 g/mol. The molecule has 3 atom stereocenters. The van der Waals surface area contributed by atoms with E-state index in [2.05, 4.69) is 41.2 Å². The van der Waals surface area contributed by atoms with Gasteiger partial charge in [-0.05, 0) is 29.9 Å². The highest BCUT2D eigenvalue weighted by atomic mass is 15.0. The molecule has 2 nitrogen and oxygen atoms in total. The Morgan fingerprint density at radius 3 is 3.06 bits per heavy atom. The number of benzene rings is 1. The van der Waals surface area contributed by atoms with Crippen molar-refractivity contribution < 1.29 is 0 Å². The van der Waals surface area contributed by atoms with E-state index in [1.807, 2.05) is 12.4 Å². The van der Waals surface area contributed by atoms with Crippen LogP contribution in [0.25, 0.3) is 0 Å². The number of H-pyrrole nitrogens is 1. The first-order valence-electron chi connectivity index (χ1n) is 6.95. The lowest BCUT2D eigenvalue weighted by molar-refractivity contribution is 0.541. The van der Waals surface area contributed by atoms with Crippen molar-refractivity contribution in [2.75, 3.05) is 0 Å². The second-order valence-corrected chi connectivity index (χ2v) is 5.73. The molecule has 2 aromatic rings. The standard InChI is InChI=1S/C16H18N2/c1-2-5-13-14-12-7-4-3-6-11(12)10-16(13,14)15-17-8-9-18-15/h3-4,6-9,13-14H,2,5,10H2,1H3,(H,17,18). The van der Waals surface area contributed by atoms with Crippen LogP contribution in [-0.4, -0.2) is 9.97 Å². The molecule has 2 heteroatoms. The molecule has 0 bridgehead atoms. The minimum absolute atomic E-state index is 0.295. The van der Waals surface area contributed by atoms with E-state index in [-0.39, 0.29) is 0 Å². The molecule has 0 amide bonds. The summed E-state index contributed by atoms with van der Waals surface area (Å²) in [5.74, 6) is 2.71. The number of aromatic amines is 1. The van der Waals surface area contributed by atoms with Crippen LogP contribution in [0, 0.1) is 5.92 Å². The third-order valence-corrected chi connectivity index (χ3v) is 4.92. The molecule has 0 radical (unpaired) electrons. The van der Waals surface area contributed by atoms with Gasteiger partial charge in [-0.3, -0.25) is 0 Å². The molecule has 92 valence electrons. The molecule has 1 heterocycles. The molecule has 2 aliphatic carbocycles. The minimum Gasteiger partial charge on any atom is -0.348 e. The molecule has 0 saturated heterocycles. The Hall–Kier alpha value is -1.57. The second-order valence-electron chi connectivity index (χ2n) is 5.73. The van der Waals surface area contributed by atoms with E-state index in [4.69, 9.17) is 0 Å². The molecule has 1 fully saturated rings. The Balaban J connectivity index is 1.80. The predicted octanol–water partition coefficient (Wildman–Crippen LogP) is 3.42. The van der Waals surface area contributed by atoms with Gasteiger partial charge < -0.3 is 4.98 Å². The minimum atomic E-state index is 0.295. The van der Waals surface area contributed by atoms with E-state index < -0.39 is 0 Å². The Morgan fingerprint density at radius 2 is 2.28 bits per heavy atom. The summed E-state index contributed by atoms with van der Waals surface area (Å²) in [6.45, 7) is 2.29. The lowest BCUT2D eigenvalue weighted by atomic mass is 9.93. The van der Waals surface area contributed by atoms with Crippen LogP contribution in [0.3, 0.4) is 0 Å². The number of nitrogens with one attached hydrogen (secondary N) is 1. The van der Waals surface area contributed by atoms with Crippen molar-refractivity contribution in [3.05, 3.63) is 53.6 Å². The van der Waals surface area contributed by atoms with Gasteiger partial charge in [-0.25, -0.2) is 4.98 Å². The highest BCUT2D eigenvalue weighted by molar-refractivity contribution is 5.53. The van der Waals surface area contributed by atoms with Crippen molar-refractivity contribution >= 4 is 0 Å². The molecule has 18 heavy (non-hydrogen) atoms. The maximum absolute atomic E-state index is 4.57. The van der Waals surface area contributed by atoms with Crippen LogP contribution in [0.1, 0.15) is 42.6 Å². The van der Waals surface area contributed by atoms with Gasteiger partial charge in [0.15, 0.2) is 0 Å². The summed E-state index contributed by atoms with van der Waals surface area (Å²) < 4.78 is 0. The summed E-state index contributed by atoms with van der Waals surface area (Å²) in [5.41, 5.74) is 3.40. The fraction of sp³-hybridized carbons (Fsp3) is 0.438. The van der Waals surface area contributed by atoms with E-state index in [1.54, 1.807) is 5.56 Å². The molecule has 3 unspecified atom stereocenters. The highest BCUT2D eigenvalue weighted by Gasteiger charge is 2.69. The zero-order chi connectivity index (χ0) is 12.2. The van der Waals surface area contributed by atoms with Crippen molar-refractivity contribution in [2.45, 2.75) is 37.5 Å². The molecule has 1 N–H and O–H groups in total. The number of hydrogen-bond donors (Lipinski definition) is 1. The van der Waals surface area contributed by atoms with E-state index in [1.165, 1.54) is 30.7 Å². The van der Waals surface area contributed by atoms with Crippen LogP contribution >= 0.6 is 0 Å². The summed E-state index contributed by atoms with van der Waals surface area (Å²) in [6.07, 6.45) is 7.62. The smallest absolute Gasteiger partial charge is 0.113 e. The zero-order valence-corrected chi connectivity index (χ0v) is 10.7. The van der Waals surface area contributed by atoms with Crippen molar-refractivity contribution in [3.8, 4) is 0 Å². The summed E-state index contributed by atoms with van der Waals surface area (Å²) in [5, 5.41) is 0. The lowest BCUT2D eigenvalue weighted by Gasteiger charge is -2.13. The molecular formula is C16H18N2. The Labute approximate surface area is 107 Å². The Bertz CT molecular complexity index is 573. The number of hydrogen-bond acceptors (Lipinski definition) is 1. The second kappa shape index (κ2) is 3.47. The van der Waals surface area contributed by atoms with Gasteiger partial charge in [0.1, 0.15) is 5.82 Å². The number of rotatable bonds is 3. The predicted molar refractivity (Wildman–Crippen MR) is 71.6 cm³/mol. The third kappa shape index (κ3) is 1.11. The van der Waals surface area contributed by atoms with Crippen molar-refractivity contribution in [2.24, 2.45) is 5.92 Å². The molecule has 0 spiro atoms. The topological polar surface area (TPSA) is 28.7 Å². The quantitative estimate of drug-likeness (QED) is 0.872. The molecule has 1 aromatic carbocycles. The summed E-state index contributed by atoms with van der Waals surface area (Å²) in [6, 6.07) is 8.95. The van der Waals surface area contributed by atoms with Gasteiger partial charge in [-0.2, -0.15) is 0 Å². The van der Waals surface area contributed by atoms with Crippen molar-refractivity contribution in [1.82, 2.24) is 9.97 Å². The Morgan fingerprint density at radius 1 is 1.39 bits per heavy atom. The normalized spacial score (nSPS) is 32.1. The molecule has 0 aliphatic heterocycles. The maximum atomic E-state index is 4.57. The van der Waals surface area contributed by atoms with Gasteiger partial charge in [0.25, 0.3) is 0 Å². The largest absolute Gasteiger partial charge is 0.348 e. The van der Waals surface area contributed by atoms with Gasteiger partial charge in [0.05, 0.1) is 0 Å². The van der Waals surface area contributed by atoms with Crippen molar-refractivity contribution in [1.29, 1.82) is 0 Å². The molecular weight excluding hydrogens is 220 g/mol. The van der Waals surface area contributed by atoms with Crippen LogP contribution in [0.5, 0.6) is 0 Å². The van der Waals surface area contributed by atoms with Gasteiger partial charge in [-0.15, -0.1) is 0 Å².